The third kappa shape index (κ3) is 3.85. The van der Waals surface area contributed by atoms with Gasteiger partial charge in [0.25, 0.3) is 0 Å². The Morgan fingerprint density at radius 2 is 1.62 bits per heavy atom. The average Bonchev–Trinajstić information content (AvgIpc) is 3.25. The topological polar surface area (TPSA) is 59.3 Å². The molecule has 0 aliphatic rings. The monoisotopic (exact) mass is 438 g/mol. The van der Waals surface area contributed by atoms with Gasteiger partial charge in [-0.15, -0.1) is 11.8 Å². The molecule has 0 spiro atoms. The summed E-state index contributed by atoms with van der Waals surface area (Å²) in [6, 6.07) is 28.3. The van der Waals surface area contributed by atoms with Crippen molar-refractivity contribution in [3.63, 3.8) is 0 Å². The Morgan fingerprint density at radius 1 is 0.906 bits per heavy atom. The van der Waals surface area contributed by atoms with Gasteiger partial charge in [-0.3, -0.25) is 9.20 Å². The molecule has 3 aromatic carbocycles. The van der Waals surface area contributed by atoms with Gasteiger partial charge in [0, 0.05) is 23.4 Å². The average molecular weight is 439 g/mol. The lowest BCUT2D eigenvalue weighted by Gasteiger charge is -2.11. The first-order valence-electron chi connectivity index (χ1n) is 10.6. The molecule has 0 saturated carbocycles. The summed E-state index contributed by atoms with van der Waals surface area (Å²) in [6.07, 6.45) is 0.449. The first-order chi connectivity index (χ1) is 15.7. The lowest BCUT2D eigenvalue weighted by molar-refractivity contribution is -0.115. The minimum atomic E-state index is 0.0119. The van der Waals surface area contributed by atoms with Gasteiger partial charge in [0.2, 0.25) is 11.7 Å². The smallest absolute Gasteiger partial charge is 0.236 e. The number of hydrogen-bond acceptors (Lipinski definition) is 4. The van der Waals surface area contributed by atoms with Crippen molar-refractivity contribution in [2.75, 3.05) is 5.32 Å². The van der Waals surface area contributed by atoms with Gasteiger partial charge in [0.15, 0.2) is 0 Å². The highest BCUT2D eigenvalue weighted by Crippen LogP contribution is 2.36. The van der Waals surface area contributed by atoms with Gasteiger partial charge in [-0.2, -0.15) is 0 Å². The molecule has 0 unspecified atom stereocenters. The molecule has 0 radical (unpaired) electrons. The Balaban J connectivity index is 1.61. The van der Waals surface area contributed by atoms with Crippen LogP contribution in [0.25, 0.3) is 28.1 Å². The van der Waals surface area contributed by atoms with Crippen molar-refractivity contribution in [3.8, 4) is 11.3 Å². The number of nitrogens with one attached hydrogen (secondary N) is 1. The molecule has 0 fully saturated rings. The van der Waals surface area contributed by atoms with E-state index < -0.39 is 0 Å². The van der Waals surface area contributed by atoms with Gasteiger partial charge in [0.1, 0.15) is 10.7 Å². The van der Waals surface area contributed by atoms with Crippen LogP contribution in [-0.2, 0) is 10.5 Å². The standard InChI is InChI=1S/C26H22N4OS/c1-2-23(31)27-20-14-10-9-13-19(20)17-32-25-24(18-11-5-3-6-12-18)29-26-28-21-15-7-4-8-16-22(21)30(25)26/h3-16H,2,17H2,1H3,(H,27,31). The van der Waals surface area contributed by atoms with E-state index in [1.165, 1.54) is 0 Å². The molecule has 0 aliphatic carbocycles. The van der Waals surface area contributed by atoms with Gasteiger partial charge in [0.05, 0.1) is 11.0 Å². The predicted molar refractivity (Wildman–Crippen MR) is 131 cm³/mol. The number of aromatic nitrogens is 3. The summed E-state index contributed by atoms with van der Waals surface area (Å²) in [7, 11) is 0. The fraction of sp³-hybridized carbons (Fsp3) is 0.115. The Morgan fingerprint density at radius 3 is 2.44 bits per heavy atom. The number of nitrogens with zero attached hydrogens (tertiary/aromatic N) is 3. The van der Waals surface area contributed by atoms with E-state index in [0.29, 0.717) is 18.0 Å². The molecular formula is C26H22N4OS. The number of amides is 1. The number of fused-ring (bicyclic) bond motifs is 3. The van der Waals surface area contributed by atoms with Crippen LogP contribution in [0.5, 0.6) is 0 Å². The fourth-order valence-corrected chi connectivity index (χ4v) is 4.83. The van der Waals surface area contributed by atoms with Crippen LogP contribution >= 0.6 is 11.8 Å². The highest BCUT2D eigenvalue weighted by Gasteiger charge is 2.19. The second-order valence-electron chi connectivity index (χ2n) is 7.41. The number of anilines is 1. The second kappa shape index (κ2) is 8.85. The van der Waals surface area contributed by atoms with Crippen molar-refractivity contribution in [2.24, 2.45) is 0 Å². The van der Waals surface area contributed by atoms with E-state index in [-0.39, 0.29) is 5.91 Å². The molecule has 1 N–H and O–H groups in total. The summed E-state index contributed by atoms with van der Waals surface area (Å²) in [5, 5.41) is 4.05. The lowest BCUT2D eigenvalue weighted by Crippen LogP contribution is -2.10. The third-order valence-corrected chi connectivity index (χ3v) is 6.40. The van der Waals surface area contributed by atoms with Crippen molar-refractivity contribution in [1.29, 1.82) is 0 Å². The molecule has 1 amide bonds. The van der Waals surface area contributed by atoms with Crippen LogP contribution in [0.4, 0.5) is 5.69 Å². The summed E-state index contributed by atoms with van der Waals surface area (Å²) < 4.78 is 2.13. The van der Waals surface area contributed by atoms with Crippen molar-refractivity contribution in [1.82, 2.24) is 14.4 Å². The predicted octanol–water partition coefficient (Wildman–Crippen LogP) is 6.19. The maximum Gasteiger partial charge on any atom is 0.236 e. The summed E-state index contributed by atoms with van der Waals surface area (Å²) in [5.74, 6) is 1.40. The highest BCUT2D eigenvalue weighted by molar-refractivity contribution is 7.98. The van der Waals surface area contributed by atoms with Crippen molar-refractivity contribution < 1.29 is 4.79 Å². The molecule has 32 heavy (non-hydrogen) atoms. The summed E-state index contributed by atoms with van der Waals surface area (Å²) >= 11 is 1.71. The van der Waals surface area contributed by atoms with Gasteiger partial charge < -0.3 is 5.32 Å². The zero-order chi connectivity index (χ0) is 21.9. The molecule has 158 valence electrons. The van der Waals surface area contributed by atoms with Crippen molar-refractivity contribution >= 4 is 40.2 Å². The van der Waals surface area contributed by atoms with E-state index >= 15 is 0 Å². The number of benzene rings is 2. The minimum absolute atomic E-state index is 0.0119. The van der Waals surface area contributed by atoms with Crippen molar-refractivity contribution in [3.05, 3.63) is 90.5 Å². The van der Waals surface area contributed by atoms with Crippen LogP contribution in [0.3, 0.4) is 0 Å². The Kier molecular flexibility index (Phi) is 5.60. The zero-order valence-electron chi connectivity index (χ0n) is 17.7. The first-order valence-corrected chi connectivity index (χ1v) is 11.6. The fourth-order valence-electron chi connectivity index (χ4n) is 3.68. The molecule has 5 nitrogen and oxygen atoms in total. The van der Waals surface area contributed by atoms with Crippen LogP contribution < -0.4 is 5.32 Å². The minimum Gasteiger partial charge on any atom is -0.326 e. The molecule has 0 aliphatic heterocycles. The zero-order valence-corrected chi connectivity index (χ0v) is 18.5. The largest absolute Gasteiger partial charge is 0.326 e. The SMILES string of the molecule is CCC(=O)Nc1ccccc1CSc1c(-c2ccccc2)nc2nc3cccccc3n12. The number of para-hydroxylation sites is 1. The number of thioether (sulfide) groups is 1. The maximum atomic E-state index is 12.0. The van der Waals surface area contributed by atoms with E-state index in [1.54, 1.807) is 11.8 Å². The molecule has 5 aromatic rings. The molecule has 5 rings (SSSR count). The van der Waals surface area contributed by atoms with Crippen molar-refractivity contribution in [2.45, 2.75) is 24.1 Å². The van der Waals surface area contributed by atoms with Gasteiger partial charge >= 0.3 is 0 Å². The highest BCUT2D eigenvalue weighted by atomic mass is 32.2. The molecule has 0 atom stereocenters. The van der Waals surface area contributed by atoms with Gasteiger partial charge in [-0.1, -0.05) is 73.7 Å². The summed E-state index contributed by atoms with van der Waals surface area (Å²) in [4.78, 5) is 21.6. The Labute approximate surface area is 190 Å². The van der Waals surface area contributed by atoms with E-state index in [9.17, 15) is 4.79 Å². The van der Waals surface area contributed by atoms with Gasteiger partial charge in [-0.05, 0) is 23.8 Å². The number of imidazole rings is 2. The van der Waals surface area contributed by atoms with Crippen LogP contribution in [0.15, 0.2) is 90.0 Å². The van der Waals surface area contributed by atoms with Crippen LogP contribution in [0.1, 0.15) is 18.9 Å². The third-order valence-electron chi connectivity index (χ3n) is 5.30. The van der Waals surface area contributed by atoms with Crippen LogP contribution in [0, 0.1) is 0 Å². The summed E-state index contributed by atoms with van der Waals surface area (Å²) in [5.41, 5.74) is 5.83. The second-order valence-corrected chi connectivity index (χ2v) is 8.37. The quantitative estimate of drug-likeness (QED) is 0.321. The lowest BCUT2D eigenvalue weighted by atomic mass is 10.2. The molecule has 2 heterocycles. The number of carbonyl (C=O) groups is 1. The summed E-state index contributed by atoms with van der Waals surface area (Å²) in [6.45, 7) is 1.86. The van der Waals surface area contributed by atoms with E-state index in [2.05, 4.69) is 34.0 Å². The normalized spacial score (nSPS) is 11.2. The molecular weight excluding hydrogens is 416 g/mol. The van der Waals surface area contributed by atoms with E-state index in [0.717, 1.165) is 38.6 Å². The van der Waals surface area contributed by atoms with Gasteiger partial charge in [-0.25, -0.2) is 9.97 Å². The Hall–Kier alpha value is -3.64. The molecule has 0 saturated heterocycles. The van der Waals surface area contributed by atoms with E-state index in [4.69, 9.17) is 9.97 Å². The Bertz CT molecular complexity index is 1410. The van der Waals surface area contributed by atoms with Crippen LogP contribution in [-0.4, -0.2) is 20.3 Å². The maximum absolute atomic E-state index is 12.0. The molecule has 0 bridgehead atoms. The number of rotatable bonds is 6. The number of hydrogen-bond donors (Lipinski definition) is 1. The van der Waals surface area contributed by atoms with Crippen LogP contribution in [0.2, 0.25) is 0 Å². The molecule has 2 aromatic heterocycles. The number of carbonyl (C=O) groups excluding carboxylic acids is 1. The van der Waals surface area contributed by atoms with E-state index in [1.807, 2.05) is 67.6 Å². The molecule has 6 heteroatoms. The first kappa shape index (κ1) is 20.3.